The zero-order valence-electron chi connectivity index (χ0n) is 12.1. The molecule has 1 aliphatic heterocycles. The van der Waals surface area contributed by atoms with Gasteiger partial charge < -0.3 is 0 Å². The Balaban J connectivity index is 1.88. The van der Waals surface area contributed by atoms with E-state index in [0.29, 0.717) is 25.2 Å². The summed E-state index contributed by atoms with van der Waals surface area (Å²) in [7, 11) is -2.88. The molecule has 0 amide bonds. The first-order valence-electron chi connectivity index (χ1n) is 7.16. The van der Waals surface area contributed by atoms with Crippen molar-refractivity contribution >= 4 is 15.6 Å². The van der Waals surface area contributed by atoms with Crippen LogP contribution >= 0.6 is 0 Å². The summed E-state index contributed by atoms with van der Waals surface area (Å²) < 4.78 is 22.7. The van der Waals surface area contributed by atoms with Gasteiger partial charge in [-0.1, -0.05) is 38.1 Å². The third-order valence-corrected chi connectivity index (χ3v) is 5.73. The highest BCUT2D eigenvalue weighted by Gasteiger charge is 2.29. The second-order valence-electron chi connectivity index (χ2n) is 6.08. The highest BCUT2D eigenvalue weighted by atomic mass is 32.2. The van der Waals surface area contributed by atoms with E-state index in [1.807, 2.05) is 12.1 Å². The molecule has 4 heteroatoms. The number of hydrogen-bond donors (Lipinski definition) is 0. The Bertz CT molecular complexity index is 570. The van der Waals surface area contributed by atoms with Crippen molar-refractivity contribution in [2.75, 3.05) is 11.5 Å². The topological polar surface area (TPSA) is 51.2 Å². The summed E-state index contributed by atoms with van der Waals surface area (Å²) in [5.41, 5.74) is 2.28. The van der Waals surface area contributed by atoms with Crippen LogP contribution in [-0.2, 0) is 21.1 Å². The number of rotatable bonds is 5. The molecular formula is C16H22O3S. The van der Waals surface area contributed by atoms with E-state index in [1.54, 1.807) is 0 Å². The van der Waals surface area contributed by atoms with Crippen molar-refractivity contribution in [3.8, 4) is 0 Å². The normalized spacial score (nSPS) is 21.2. The monoisotopic (exact) mass is 294 g/mol. The smallest absolute Gasteiger partial charge is 0.150 e. The van der Waals surface area contributed by atoms with Gasteiger partial charge in [0.05, 0.1) is 11.5 Å². The molecule has 1 saturated heterocycles. The van der Waals surface area contributed by atoms with Gasteiger partial charge in [-0.25, -0.2) is 8.42 Å². The Kier molecular flexibility index (Phi) is 4.63. The third kappa shape index (κ3) is 4.17. The van der Waals surface area contributed by atoms with Crippen molar-refractivity contribution in [2.45, 2.75) is 39.0 Å². The molecule has 20 heavy (non-hydrogen) atoms. The number of benzene rings is 1. The fourth-order valence-corrected chi connectivity index (χ4v) is 4.54. The summed E-state index contributed by atoms with van der Waals surface area (Å²) >= 11 is 0. The first-order valence-corrected chi connectivity index (χ1v) is 8.99. The number of carbonyl (C=O) groups is 1. The van der Waals surface area contributed by atoms with Gasteiger partial charge >= 0.3 is 0 Å². The third-order valence-electron chi connectivity index (χ3n) is 3.89. The fraction of sp³-hybridized carbons (Fsp3) is 0.562. The summed E-state index contributed by atoms with van der Waals surface area (Å²) in [5.74, 6) is 1.09. The van der Waals surface area contributed by atoms with Crippen molar-refractivity contribution < 1.29 is 13.2 Å². The molecule has 1 atom stereocenters. The van der Waals surface area contributed by atoms with E-state index in [9.17, 15) is 13.2 Å². The minimum absolute atomic E-state index is 0.0300. The maximum Gasteiger partial charge on any atom is 0.150 e. The lowest BCUT2D eigenvalue weighted by Crippen LogP contribution is -2.12. The number of sulfone groups is 1. The van der Waals surface area contributed by atoms with Gasteiger partial charge in [0, 0.05) is 12.8 Å². The van der Waals surface area contributed by atoms with E-state index < -0.39 is 9.84 Å². The Morgan fingerprint density at radius 2 is 1.90 bits per heavy atom. The summed E-state index contributed by atoms with van der Waals surface area (Å²) in [5, 5.41) is 0. The molecule has 3 nitrogen and oxygen atoms in total. The zero-order chi connectivity index (χ0) is 14.8. The van der Waals surface area contributed by atoms with Crippen molar-refractivity contribution in [3.05, 3.63) is 35.4 Å². The molecule has 2 rings (SSSR count). The van der Waals surface area contributed by atoms with E-state index in [1.165, 1.54) is 5.56 Å². The van der Waals surface area contributed by atoms with Gasteiger partial charge in [-0.05, 0) is 29.4 Å². The molecule has 1 aromatic carbocycles. The van der Waals surface area contributed by atoms with Gasteiger partial charge in [-0.3, -0.25) is 4.79 Å². The van der Waals surface area contributed by atoms with Crippen LogP contribution in [0.15, 0.2) is 24.3 Å². The van der Waals surface area contributed by atoms with Crippen LogP contribution in [0.1, 0.15) is 43.7 Å². The van der Waals surface area contributed by atoms with Crippen LogP contribution < -0.4 is 0 Å². The summed E-state index contributed by atoms with van der Waals surface area (Å²) in [6.07, 6.45) is 1.44. The Morgan fingerprint density at radius 3 is 2.40 bits per heavy atom. The van der Waals surface area contributed by atoms with E-state index in [-0.39, 0.29) is 23.2 Å². The predicted octanol–water partition coefficient (Wildman–Crippen LogP) is 2.75. The van der Waals surface area contributed by atoms with Crippen LogP contribution in [0.5, 0.6) is 0 Å². The minimum Gasteiger partial charge on any atom is -0.299 e. The van der Waals surface area contributed by atoms with Crippen LogP contribution in [0.3, 0.4) is 0 Å². The Morgan fingerprint density at radius 1 is 1.25 bits per heavy atom. The van der Waals surface area contributed by atoms with Crippen molar-refractivity contribution in [1.29, 1.82) is 0 Å². The standard InChI is InChI=1S/C16H22O3S/c1-12(2)15-5-3-13(4-6-15)9-16(17)10-14-7-8-20(18,19)11-14/h3-6,12,14H,7-11H2,1-2H3. The summed E-state index contributed by atoms with van der Waals surface area (Å²) in [4.78, 5) is 12.0. The van der Waals surface area contributed by atoms with Crippen molar-refractivity contribution in [2.24, 2.45) is 5.92 Å². The highest BCUT2D eigenvalue weighted by Crippen LogP contribution is 2.22. The molecule has 0 N–H and O–H groups in total. The van der Waals surface area contributed by atoms with Gasteiger partial charge in [0.1, 0.15) is 5.78 Å². The van der Waals surface area contributed by atoms with Crippen molar-refractivity contribution in [3.63, 3.8) is 0 Å². The molecule has 0 aromatic heterocycles. The first-order chi connectivity index (χ1) is 9.35. The van der Waals surface area contributed by atoms with Gasteiger partial charge in [0.25, 0.3) is 0 Å². The molecular weight excluding hydrogens is 272 g/mol. The maximum atomic E-state index is 12.0. The molecule has 0 spiro atoms. The van der Waals surface area contributed by atoms with Gasteiger partial charge in [0.15, 0.2) is 9.84 Å². The lowest BCUT2D eigenvalue weighted by atomic mass is 9.96. The predicted molar refractivity (Wildman–Crippen MR) is 80.6 cm³/mol. The largest absolute Gasteiger partial charge is 0.299 e. The molecule has 0 saturated carbocycles. The van der Waals surface area contributed by atoms with Crippen LogP contribution in [0.2, 0.25) is 0 Å². The molecule has 1 aromatic rings. The Hall–Kier alpha value is -1.16. The van der Waals surface area contributed by atoms with E-state index in [2.05, 4.69) is 26.0 Å². The number of Topliss-reactive ketones (excluding diaryl/α,β-unsaturated/α-hetero) is 1. The molecule has 0 radical (unpaired) electrons. The first kappa shape index (κ1) is 15.2. The molecule has 0 aliphatic carbocycles. The van der Waals surface area contributed by atoms with Gasteiger partial charge in [-0.15, -0.1) is 0 Å². The van der Waals surface area contributed by atoms with Crippen LogP contribution in [0.4, 0.5) is 0 Å². The number of carbonyl (C=O) groups excluding carboxylic acids is 1. The lowest BCUT2D eigenvalue weighted by molar-refractivity contribution is -0.119. The second-order valence-corrected chi connectivity index (χ2v) is 8.31. The van der Waals surface area contributed by atoms with E-state index in [4.69, 9.17) is 0 Å². The molecule has 1 fully saturated rings. The van der Waals surface area contributed by atoms with Crippen LogP contribution in [0.25, 0.3) is 0 Å². The van der Waals surface area contributed by atoms with Gasteiger partial charge in [0.2, 0.25) is 0 Å². The molecule has 0 bridgehead atoms. The second kappa shape index (κ2) is 6.08. The Labute approximate surface area is 121 Å². The fourth-order valence-electron chi connectivity index (χ4n) is 2.68. The summed E-state index contributed by atoms with van der Waals surface area (Å²) in [6.45, 7) is 4.28. The van der Waals surface area contributed by atoms with Crippen LogP contribution in [-0.4, -0.2) is 25.7 Å². The highest BCUT2D eigenvalue weighted by molar-refractivity contribution is 7.91. The minimum atomic E-state index is -2.88. The van der Waals surface area contributed by atoms with Crippen LogP contribution in [0, 0.1) is 5.92 Å². The number of hydrogen-bond acceptors (Lipinski definition) is 3. The average Bonchev–Trinajstić information content (AvgIpc) is 2.69. The van der Waals surface area contributed by atoms with Crippen molar-refractivity contribution in [1.82, 2.24) is 0 Å². The summed E-state index contributed by atoms with van der Waals surface area (Å²) in [6, 6.07) is 8.12. The van der Waals surface area contributed by atoms with Gasteiger partial charge in [-0.2, -0.15) is 0 Å². The average molecular weight is 294 g/mol. The van der Waals surface area contributed by atoms with E-state index >= 15 is 0 Å². The lowest BCUT2D eigenvalue weighted by Gasteiger charge is -2.08. The quantitative estimate of drug-likeness (QED) is 0.839. The molecule has 110 valence electrons. The molecule has 1 heterocycles. The molecule has 1 unspecified atom stereocenters. The SMILES string of the molecule is CC(C)c1ccc(CC(=O)CC2CCS(=O)(=O)C2)cc1. The van der Waals surface area contributed by atoms with E-state index in [0.717, 1.165) is 5.56 Å². The molecule has 1 aliphatic rings. The number of ketones is 1. The maximum absolute atomic E-state index is 12.0. The zero-order valence-corrected chi connectivity index (χ0v) is 12.9.